The van der Waals surface area contributed by atoms with Gasteiger partial charge in [-0.25, -0.2) is 9.18 Å². The van der Waals surface area contributed by atoms with Gasteiger partial charge in [0.25, 0.3) is 0 Å². The number of carboxylic acid groups (broad SMARTS) is 1. The maximum atomic E-state index is 13.9. The van der Waals surface area contributed by atoms with Gasteiger partial charge >= 0.3 is 5.97 Å². The summed E-state index contributed by atoms with van der Waals surface area (Å²) in [4.78, 5) is 19.6. The van der Waals surface area contributed by atoms with Gasteiger partial charge in [0.1, 0.15) is 22.7 Å². The second-order valence-corrected chi connectivity index (χ2v) is 7.68. The van der Waals surface area contributed by atoms with E-state index in [9.17, 15) is 14.3 Å². The van der Waals surface area contributed by atoms with E-state index in [0.29, 0.717) is 28.8 Å². The Morgan fingerprint density at radius 1 is 1.46 bits per heavy atom. The number of methoxy groups -OCH3 is 1. The number of aliphatic imine (C=N–C) groups is 1. The lowest BCUT2D eigenvalue weighted by Crippen LogP contribution is -2.47. The van der Waals surface area contributed by atoms with Crippen LogP contribution in [-0.4, -0.2) is 58.8 Å². The first-order chi connectivity index (χ1) is 13.4. The van der Waals surface area contributed by atoms with Crippen molar-refractivity contribution in [1.82, 2.24) is 15.2 Å². The molecule has 1 unspecified atom stereocenters. The SMILES string of the molecule is CN=C(C(C)F)C1(CNc2ccc(-c3nc(OC)c(C(=O)O)s3)nn2)CCC1. The molecule has 1 aliphatic rings. The maximum Gasteiger partial charge on any atom is 0.351 e. The van der Waals surface area contributed by atoms with Crippen molar-refractivity contribution in [2.24, 2.45) is 10.4 Å². The van der Waals surface area contributed by atoms with Crippen LogP contribution in [0, 0.1) is 5.41 Å². The van der Waals surface area contributed by atoms with Crippen molar-refractivity contribution in [2.45, 2.75) is 32.4 Å². The smallest absolute Gasteiger partial charge is 0.351 e. The summed E-state index contributed by atoms with van der Waals surface area (Å²) in [6.07, 6.45) is 1.76. The fraction of sp³-hybridized carbons (Fsp3) is 0.500. The number of rotatable bonds is 8. The third-order valence-electron chi connectivity index (χ3n) is 4.95. The van der Waals surface area contributed by atoms with E-state index in [1.165, 1.54) is 14.0 Å². The number of anilines is 1. The number of ether oxygens (including phenoxy) is 1. The Morgan fingerprint density at radius 2 is 2.21 bits per heavy atom. The number of hydrogen-bond donors (Lipinski definition) is 2. The molecule has 1 saturated carbocycles. The van der Waals surface area contributed by atoms with Gasteiger partial charge in [0.15, 0.2) is 4.88 Å². The zero-order valence-corrected chi connectivity index (χ0v) is 16.7. The summed E-state index contributed by atoms with van der Waals surface area (Å²) >= 11 is 0.976. The minimum absolute atomic E-state index is 0.0140. The highest BCUT2D eigenvalue weighted by molar-refractivity contribution is 7.17. The minimum atomic E-state index is -1.10. The van der Waals surface area contributed by atoms with Crippen molar-refractivity contribution in [2.75, 3.05) is 26.0 Å². The van der Waals surface area contributed by atoms with Crippen molar-refractivity contribution in [3.05, 3.63) is 17.0 Å². The monoisotopic (exact) mass is 407 g/mol. The average Bonchev–Trinajstić information content (AvgIpc) is 3.08. The molecule has 0 aromatic carbocycles. The second-order valence-electron chi connectivity index (χ2n) is 6.68. The number of nitrogens with one attached hydrogen (secondary N) is 1. The highest BCUT2D eigenvalue weighted by atomic mass is 32.1. The highest BCUT2D eigenvalue weighted by Crippen LogP contribution is 2.43. The summed E-state index contributed by atoms with van der Waals surface area (Å²) in [6, 6.07) is 3.45. The van der Waals surface area contributed by atoms with Crippen LogP contribution in [0.15, 0.2) is 17.1 Å². The van der Waals surface area contributed by atoms with Crippen LogP contribution in [0.25, 0.3) is 10.7 Å². The van der Waals surface area contributed by atoms with Crippen LogP contribution in [0.1, 0.15) is 35.9 Å². The number of hydrogen-bond acceptors (Lipinski definition) is 8. The van der Waals surface area contributed by atoms with Gasteiger partial charge in [0.2, 0.25) is 5.88 Å². The van der Waals surface area contributed by atoms with Gasteiger partial charge in [-0.3, -0.25) is 4.99 Å². The molecule has 0 spiro atoms. The molecule has 1 fully saturated rings. The normalized spacial score (nSPS) is 16.9. The van der Waals surface area contributed by atoms with E-state index in [-0.39, 0.29) is 16.2 Å². The molecular formula is C18H22FN5O3S. The molecule has 2 aromatic rings. The van der Waals surface area contributed by atoms with Crippen LogP contribution in [0.3, 0.4) is 0 Å². The Balaban J connectivity index is 1.72. The second kappa shape index (κ2) is 8.17. The number of alkyl halides is 1. The van der Waals surface area contributed by atoms with E-state index in [2.05, 4.69) is 25.5 Å². The minimum Gasteiger partial charge on any atom is -0.480 e. The molecule has 2 aromatic heterocycles. The van der Waals surface area contributed by atoms with Crippen molar-refractivity contribution in [3.63, 3.8) is 0 Å². The molecule has 28 heavy (non-hydrogen) atoms. The molecule has 150 valence electrons. The molecule has 0 bridgehead atoms. The summed E-state index contributed by atoms with van der Waals surface area (Å²) in [7, 11) is 3.00. The van der Waals surface area contributed by atoms with E-state index in [1.807, 2.05) is 0 Å². The molecule has 2 heterocycles. The Bertz CT molecular complexity index is 878. The van der Waals surface area contributed by atoms with Gasteiger partial charge in [0, 0.05) is 19.0 Å². The number of aromatic carboxylic acids is 1. The Labute approximate surface area is 165 Å². The number of carboxylic acids is 1. The van der Waals surface area contributed by atoms with Crippen molar-refractivity contribution >= 4 is 28.8 Å². The van der Waals surface area contributed by atoms with Crippen LogP contribution in [0.2, 0.25) is 0 Å². The van der Waals surface area contributed by atoms with E-state index in [4.69, 9.17) is 4.74 Å². The molecule has 10 heteroatoms. The third kappa shape index (κ3) is 3.82. The number of aromatic nitrogens is 3. The van der Waals surface area contributed by atoms with Crippen LogP contribution in [0.4, 0.5) is 10.2 Å². The molecule has 3 rings (SSSR count). The van der Waals surface area contributed by atoms with Crippen molar-refractivity contribution in [3.8, 4) is 16.6 Å². The van der Waals surface area contributed by atoms with E-state index in [0.717, 1.165) is 30.6 Å². The first kappa shape index (κ1) is 20.1. The molecule has 1 atom stereocenters. The lowest BCUT2D eigenvalue weighted by atomic mass is 9.64. The van der Waals surface area contributed by atoms with Gasteiger partial charge in [-0.05, 0) is 31.9 Å². The standard InChI is InChI=1S/C18H22FN5O3S/c1-10(19)14(20-2)18(7-4-8-18)9-21-12-6-5-11(23-24-12)16-22-15(27-3)13(28-16)17(25)26/h5-6,10H,4,7-9H2,1-3H3,(H,21,24)(H,25,26). The number of halogens is 1. The average molecular weight is 407 g/mol. The molecule has 0 radical (unpaired) electrons. The fourth-order valence-corrected chi connectivity index (χ4v) is 4.29. The molecule has 0 saturated heterocycles. The fourth-order valence-electron chi connectivity index (χ4n) is 3.45. The number of carbonyl (C=O) groups is 1. The maximum absolute atomic E-state index is 13.9. The van der Waals surface area contributed by atoms with Crippen LogP contribution >= 0.6 is 11.3 Å². The molecule has 2 N–H and O–H groups in total. The molecule has 0 aliphatic heterocycles. The quantitative estimate of drug-likeness (QED) is 0.646. The molecule has 1 aliphatic carbocycles. The van der Waals surface area contributed by atoms with Crippen molar-refractivity contribution in [1.29, 1.82) is 0 Å². The van der Waals surface area contributed by atoms with E-state index in [1.54, 1.807) is 19.2 Å². The summed E-state index contributed by atoms with van der Waals surface area (Å²) < 4.78 is 18.9. The predicted molar refractivity (Wildman–Crippen MR) is 105 cm³/mol. The number of nitrogens with zero attached hydrogens (tertiary/aromatic N) is 4. The molecular weight excluding hydrogens is 385 g/mol. The third-order valence-corrected chi connectivity index (χ3v) is 5.99. The Hall–Kier alpha value is -2.62. The first-order valence-corrected chi connectivity index (χ1v) is 9.69. The van der Waals surface area contributed by atoms with Gasteiger partial charge < -0.3 is 15.2 Å². The summed E-state index contributed by atoms with van der Waals surface area (Å²) in [5.41, 5.74) is 0.766. The number of thiazole rings is 1. The van der Waals surface area contributed by atoms with Crippen molar-refractivity contribution < 1.29 is 19.0 Å². The lowest BCUT2D eigenvalue weighted by molar-refractivity contribution is 0.0698. The van der Waals surface area contributed by atoms with Crippen LogP contribution < -0.4 is 10.1 Å². The zero-order chi connectivity index (χ0) is 20.3. The van der Waals surface area contributed by atoms with Crippen LogP contribution in [0.5, 0.6) is 5.88 Å². The summed E-state index contributed by atoms with van der Waals surface area (Å²) in [5, 5.41) is 21.1. The first-order valence-electron chi connectivity index (χ1n) is 8.87. The van der Waals surface area contributed by atoms with Crippen LogP contribution in [-0.2, 0) is 0 Å². The topological polar surface area (TPSA) is 110 Å². The molecule has 8 nitrogen and oxygen atoms in total. The van der Waals surface area contributed by atoms with Gasteiger partial charge in [-0.1, -0.05) is 6.42 Å². The summed E-state index contributed by atoms with van der Waals surface area (Å²) in [5.74, 6) is -0.498. The lowest BCUT2D eigenvalue weighted by Gasteiger charge is -2.43. The Kier molecular flexibility index (Phi) is 5.87. The largest absolute Gasteiger partial charge is 0.480 e. The predicted octanol–water partition coefficient (Wildman–Crippen LogP) is 3.32. The van der Waals surface area contributed by atoms with E-state index >= 15 is 0 Å². The Morgan fingerprint density at radius 3 is 2.64 bits per heavy atom. The molecule has 0 amide bonds. The van der Waals surface area contributed by atoms with Gasteiger partial charge in [-0.2, -0.15) is 4.98 Å². The van der Waals surface area contributed by atoms with Gasteiger partial charge in [0.05, 0.1) is 12.8 Å². The van der Waals surface area contributed by atoms with E-state index < -0.39 is 12.1 Å². The summed E-state index contributed by atoms with van der Waals surface area (Å²) in [6.45, 7) is 2.06. The highest BCUT2D eigenvalue weighted by Gasteiger charge is 2.43. The van der Waals surface area contributed by atoms with Gasteiger partial charge in [-0.15, -0.1) is 21.5 Å². The zero-order valence-electron chi connectivity index (χ0n) is 15.9.